The van der Waals surface area contributed by atoms with Crippen molar-refractivity contribution in [1.29, 1.82) is 0 Å². The Labute approximate surface area is 121 Å². The Morgan fingerprint density at radius 1 is 1.29 bits per heavy atom. The lowest BCUT2D eigenvalue weighted by atomic mass is 10.2. The summed E-state index contributed by atoms with van der Waals surface area (Å²) < 4.78 is 16.5. The Hall–Kier alpha value is -2.90. The van der Waals surface area contributed by atoms with Gasteiger partial charge in [-0.2, -0.15) is 5.10 Å². The van der Waals surface area contributed by atoms with E-state index in [-0.39, 0.29) is 6.61 Å². The zero-order valence-electron chi connectivity index (χ0n) is 11.6. The predicted octanol–water partition coefficient (Wildman–Crippen LogP) is 0.721. The molecular formula is C13H14N4O4. The Morgan fingerprint density at radius 2 is 2.05 bits per heavy atom. The fraction of sp³-hybridized carbons (Fsp3) is 0.231. The molecule has 2 rings (SSSR count). The third-order valence-corrected chi connectivity index (χ3v) is 2.51. The van der Waals surface area contributed by atoms with Crippen LogP contribution in [-0.4, -0.2) is 47.9 Å². The number of aromatic nitrogens is 3. The van der Waals surface area contributed by atoms with Gasteiger partial charge in [0.15, 0.2) is 18.1 Å². The first kappa shape index (κ1) is 14.5. The molecule has 2 aromatic rings. The van der Waals surface area contributed by atoms with Gasteiger partial charge < -0.3 is 14.2 Å². The van der Waals surface area contributed by atoms with Crippen LogP contribution >= 0.6 is 0 Å². The summed E-state index contributed by atoms with van der Waals surface area (Å²) >= 11 is 0. The number of benzene rings is 1. The lowest BCUT2D eigenvalue weighted by Crippen LogP contribution is -2.13. The minimum absolute atomic E-state index is 0.180. The van der Waals surface area contributed by atoms with E-state index in [1.807, 2.05) is 0 Å². The molecule has 0 saturated heterocycles. The van der Waals surface area contributed by atoms with Crippen LogP contribution in [0.4, 0.5) is 0 Å². The molecule has 0 saturated carbocycles. The molecular weight excluding hydrogens is 276 g/mol. The van der Waals surface area contributed by atoms with Gasteiger partial charge in [0.05, 0.1) is 20.4 Å². The molecule has 0 N–H and O–H groups in total. The summed E-state index contributed by atoms with van der Waals surface area (Å²) in [5.74, 6) is 0.478. The summed E-state index contributed by atoms with van der Waals surface area (Å²) in [6, 6.07) is 5.21. The summed E-state index contributed by atoms with van der Waals surface area (Å²) in [5, 5.41) is 11.4. The molecule has 1 aromatic heterocycles. The maximum Gasteiger partial charge on any atom is 0.343 e. The highest BCUT2D eigenvalue weighted by atomic mass is 16.6. The molecule has 110 valence electrons. The standard InChI is InChI=1S/C13H14N4O4/c1-19-12-5-10(6-16-17-8-14-15-9-17)3-4-11(12)21-7-13(18)20-2/h3-6,8-9H,7H2,1-2H3/b16-6+. The van der Waals surface area contributed by atoms with Crippen LogP contribution in [0.1, 0.15) is 5.56 Å². The third kappa shape index (κ3) is 4.03. The van der Waals surface area contributed by atoms with Gasteiger partial charge in [-0.1, -0.05) is 0 Å². The maximum absolute atomic E-state index is 11.1. The summed E-state index contributed by atoms with van der Waals surface area (Å²) in [5.41, 5.74) is 0.797. The first-order chi connectivity index (χ1) is 10.2. The molecule has 21 heavy (non-hydrogen) atoms. The molecule has 0 aliphatic heterocycles. The molecule has 0 atom stereocenters. The fourth-order valence-electron chi connectivity index (χ4n) is 1.47. The van der Waals surface area contributed by atoms with E-state index in [4.69, 9.17) is 9.47 Å². The number of hydrogen-bond acceptors (Lipinski definition) is 7. The normalized spacial score (nSPS) is 10.6. The SMILES string of the molecule is COC(=O)COc1ccc(/C=N/n2cnnc2)cc1OC. The van der Waals surface area contributed by atoms with Crippen LogP contribution in [0.15, 0.2) is 36.0 Å². The second-order valence-electron chi connectivity index (χ2n) is 3.86. The van der Waals surface area contributed by atoms with Crippen molar-refractivity contribution >= 4 is 12.2 Å². The van der Waals surface area contributed by atoms with Crippen molar-refractivity contribution in [2.45, 2.75) is 0 Å². The molecule has 0 amide bonds. The molecule has 8 nitrogen and oxygen atoms in total. The first-order valence-corrected chi connectivity index (χ1v) is 5.99. The molecule has 1 heterocycles. The van der Waals surface area contributed by atoms with Crippen molar-refractivity contribution < 1.29 is 19.0 Å². The highest BCUT2D eigenvalue weighted by molar-refractivity contribution is 5.81. The number of esters is 1. The smallest absolute Gasteiger partial charge is 0.343 e. The number of carbonyl (C=O) groups is 1. The molecule has 0 radical (unpaired) electrons. The highest BCUT2D eigenvalue weighted by Crippen LogP contribution is 2.27. The topological polar surface area (TPSA) is 87.8 Å². The maximum atomic E-state index is 11.1. The van der Waals surface area contributed by atoms with E-state index < -0.39 is 5.97 Å². The van der Waals surface area contributed by atoms with E-state index in [9.17, 15) is 4.79 Å². The van der Waals surface area contributed by atoms with Crippen LogP contribution < -0.4 is 9.47 Å². The molecule has 1 aromatic carbocycles. The summed E-state index contributed by atoms with van der Waals surface area (Å²) in [6.45, 7) is -0.180. The molecule has 0 spiro atoms. The van der Waals surface area contributed by atoms with Crippen molar-refractivity contribution in [3.05, 3.63) is 36.4 Å². The monoisotopic (exact) mass is 290 g/mol. The van der Waals surface area contributed by atoms with Gasteiger partial charge in [0, 0.05) is 0 Å². The minimum Gasteiger partial charge on any atom is -0.493 e. The van der Waals surface area contributed by atoms with Gasteiger partial charge in [-0.3, -0.25) is 0 Å². The number of methoxy groups -OCH3 is 2. The first-order valence-electron chi connectivity index (χ1n) is 5.99. The number of ether oxygens (including phenoxy) is 3. The van der Waals surface area contributed by atoms with Crippen LogP contribution in [0.2, 0.25) is 0 Å². The van der Waals surface area contributed by atoms with Gasteiger partial charge in [-0.15, -0.1) is 10.2 Å². The highest BCUT2D eigenvalue weighted by Gasteiger charge is 2.08. The Morgan fingerprint density at radius 3 is 2.71 bits per heavy atom. The predicted molar refractivity (Wildman–Crippen MR) is 73.5 cm³/mol. The largest absolute Gasteiger partial charge is 0.493 e. The summed E-state index contributed by atoms with van der Waals surface area (Å²) in [6.07, 6.45) is 4.57. The van der Waals surface area contributed by atoms with Crippen molar-refractivity contribution in [3.8, 4) is 11.5 Å². The van der Waals surface area contributed by atoms with Crippen LogP contribution in [0.25, 0.3) is 0 Å². The lowest BCUT2D eigenvalue weighted by molar-refractivity contribution is -0.142. The zero-order chi connectivity index (χ0) is 15.1. The lowest BCUT2D eigenvalue weighted by Gasteiger charge is -2.10. The van der Waals surface area contributed by atoms with Crippen LogP contribution in [0.3, 0.4) is 0 Å². The number of hydrogen-bond donors (Lipinski definition) is 0. The molecule has 0 unspecified atom stereocenters. The quantitative estimate of drug-likeness (QED) is 0.575. The Kier molecular flexibility index (Phi) is 4.86. The Bertz CT molecular complexity index is 625. The van der Waals surface area contributed by atoms with Gasteiger partial charge in [-0.05, 0) is 23.8 Å². The van der Waals surface area contributed by atoms with E-state index in [0.717, 1.165) is 5.56 Å². The van der Waals surface area contributed by atoms with Crippen LogP contribution in [0, 0.1) is 0 Å². The van der Waals surface area contributed by atoms with Crippen molar-refractivity contribution in [1.82, 2.24) is 14.9 Å². The molecule has 0 aliphatic carbocycles. The minimum atomic E-state index is -0.463. The van der Waals surface area contributed by atoms with Gasteiger partial charge in [0.1, 0.15) is 12.7 Å². The van der Waals surface area contributed by atoms with Gasteiger partial charge in [0.25, 0.3) is 0 Å². The van der Waals surface area contributed by atoms with E-state index in [1.165, 1.54) is 31.6 Å². The van der Waals surface area contributed by atoms with Crippen molar-refractivity contribution in [2.75, 3.05) is 20.8 Å². The number of nitrogens with zero attached hydrogens (tertiary/aromatic N) is 4. The average molecular weight is 290 g/mol. The van der Waals surface area contributed by atoms with Crippen LogP contribution in [-0.2, 0) is 9.53 Å². The molecule has 0 aliphatic rings. The number of carbonyl (C=O) groups excluding carboxylic acids is 1. The van der Waals surface area contributed by atoms with Crippen LogP contribution in [0.5, 0.6) is 11.5 Å². The van der Waals surface area contributed by atoms with Gasteiger partial charge >= 0.3 is 5.97 Å². The van der Waals surface area contributed by atoms with Gasteiger partial charge in [0.2, 0.25) is 0 Å². The number of rotatable bonds is 6. The molecule has 0 bridgehead atoms. The van der Waals surface area contributed by atoms with E-state index in [0.29, 0.717) is 11.5 Å². The second-order valence-corrected chi connectivity index (χ2v) is 3.86. The molecule has 8 heteroatoms. The van der Waals surface area contributed by atoms with E-state index >= 15 is 0 Å². The average Bonchev–Trinajstić information content (AvgIpc) is 3.04. The fourth-order valence-corrected chi connectivity index (χ4v) is 1.47. The van der Waals surface area contributed by atoms with Crippen molar-refractivity contribution in [2.24, 2.45) is 5.10 Å². The zero-order valence-corrected chi connectivity index (χ0v) is 11.6. The van der Waals surface area contributed by atoms with Gasteiger partial charge in [-0.25, -0.2) is 9.47 Å². The summed E-state index contributed by atoms with van der Waals surface area (Å²) in [7, 11) is 2.81. The second kappa shape index (κ2) is 7.04. The van der Waals surface area contributed by atoms with E-state index in [1.54, 1.807) is 24.4 Å². The van der Waals surface area contributed by atoms with E-state index in [2.05, 4.69) is 20.0 Å². The Balaban J connectivity index is 2.10. The van der Waals surface area contributed by atoms with Crippen molar-refractivity contribution in [3.63, 3.8) is 0 Å². The summed E-state index contributed by atoms with van der Waals surface area (Å²) in [4.78, 5) is 11.1. The molecule has 0 fully saturated rings. The third-order valence-electron chi connectivity index (χ3n) is 2.51.